The Morgan fingerprint density at radius 3 is 3.00 bits per heavy atom. The lowest BCUT2D eigenvalue weighted by atomic mass is 10.2. The zero-order valence-corrected chi connectivity index (χ0v) is 9.80. The summed E-state index contributed by atoms with van der Waals surface area (Å²) in [7, 11) is 0. The van der Waals surface area contributed by atoms with Crippen molar-refractivity contribution in [1.29, 1.82) is 0 Å². The van der Waals surface area contributed by atoms with Gasteiger partial charge in [-0.1, -0.05) is 18.2 Å². The Morgan fingerprint density at radius 2 is 2.33 bits per heavy atom. The van der Waals surface area contributed by atoms with Crippen molar-refractivity contribution in [3.8, 4) is 0 Å². The van der Waals surface area contributed by atoms with Crippen LogP contribution in [0.3, 0.4) is 0 Å². The first kappa shape index (κ1) is 11.9. The third-order valence-electron chi connectivity index (χ3n) is 1.73. The van der Waals surface area contributed by atoms with Gasteiger partial charge in [-0.3, -0.25) is 4.79 Å². The zero-order valence-electron chi connectivity index (χ0n) is 8.99. The number of carbonyl (C=O) groups excluding carboxylic acids is 1. The summed E-state index contributed by atoms with van der Waals surface area (Å²) in [5.41, 5.74) is 2.07. The summed E-state index contributed by atoms with van der Waals surface area (Å²) in [6, 6.07) is 7.90. The van der Waals surface area contributed by atoms with E-state index in [2.05, 4.69) is 16.8 Å². The number of rotatable bonds is 4. The van der Waals surface area contributed by atoms with Gasteiger partial charge in [-0.25, -0.2) is 0 Å². The van der Waals surface area contributed by atoms with E-state index in [1.807, 2.05) is 31.2 Å². The first-order valence-electron chi connectivity index (χ1n) is 4.81. The molecule has 1 amide bonds. The molecule has 2 nitrogen and oxygen atoms in total. The third-order valence-corrected chi connectivity index (χ3v) is 2.69. The summed E-state index contributed by atoms with van der Waals surface area (Å²) in [4.78, 5) is 10.9. The van der Waals surface area contributed by atoms with Crippen molar-refractivity contribution in [1.82, 2.24) is 0 Å². The lowest BCUT2D eigenvalue weighted by Crippen LogP contribution is -2.05. The van der Waals surface area contributed by atoms with Crippen molar-refractivity contribution in [2.24, 2.45) is 0 Å². The maximum Gasteiger partial charge on any atom is 0.221 e. The van der Waals surface area contributed by atoms with Crippen LogP contribution in [0.25, 0.3) is 0 Å². The van der Waals surface area contributed by atoms with E-state index in [1.54, 1.807) is 11.8 Å². The minimum Gasteiger partial charge on any atom is -0.326 e. The van der Waals surface area contributed by atoms with Crippen LogP contribution in [0.2, 0.25) is 0 Å². The van der Waals surface area contributed by atoms with E-state index in [1.165, 1.54) is 12.5 Å². The third kappa shape index (κ3) is 4.70. The highest BCUT2D eigenvalue weighted by Gasteiger charge is 1.97. The number of hydrogen-bond donors (Lipinski definition) is 1. The molecule has 0 aliphatic carbocycles. The molecule has 0 atom stereocenters. The molecule has 0 saturated heterocycles. The van der Waals surface area contributed by atoms with Gasteiger partial charge in [-0.15, -0.1) is 11.8 Å². The van der Waals surface area contributed by atoms with Crippen molar-refractivity contribution in [2.75, 3.05) is 5.32 Å². The van der Waals surface area contributed by atoms with Crippen LogP contribution >= 0.6 is 11.8 Å². The lowest BCUT2D eigenvalue weighted by molar-refractivity contribution is -0.114. The summed E-state index contributed by atoms with van der Waals surface area (Å²) >= 11 is 1.74. The SMILES string of the molecule is C/C=C/SCc1cccc(NC(C)=O)c1. The first-order chi connectivity index (χ1) is 7.22. The molecule has 1 aromatic rings. The van der Waals surface area contributed by atoms with Gasteiger partial charge in [0.05, 0.1) is 0 Å². The van der Waals surface area contributed by atoms with Crippen molar-refractivity contribution in [3.05, 3.63) is 41.3 Å². The van der Waals surface area contributed by atoms with Gasteiger partial charge in [-0.05, 0) is 30.0 Å². The molecular formula is C12H15NOS. The van der Waals surface area contributed by atoms with Crippen molar-refractivity contribution in [3.63, 3.8) is 0 Å². The number of amides is 1. The fourth-order valence-corrected chi connectivity index (χ4v) is 1.84. The average Bonchev–Trinajstić information content (AvgIpc) is 2.18. The smallest absolute Gasteiger partial charge is 0.221 e. The van der Waals surface area contributed by atoms with E-state index in [4.69, 9.17) is 0 Å². The minimum atomic E-state index is -0.0340. The maximum atomic E-state index is 10.9. The van der Waals surface area contributed by atoms with Crippen molar-refractivity contribution >= 4 is 23.4 Å². The van der Waals surface area contributed by atoms with Gasteiger partial charge in [-0.2, -0.15) is 0 Å². The Bertz CT molecular complexity index is 360. The summed E-state index contributed by atoms with van der Waals surface area (Å²) in [6.45, 7) is 3.52. The molecule has 0 saturated carbocycles. The highest BCUT2D eigenvalue weighted by atomic mass is 32.2. The fourth-order valence-electron chi connectivity index (χ4n) is 1.18. The number of anilines is 1. The molecule has 0 heterocycles. The predicted molar refractivity (Wildman–Crippen MR) is 66.9 cm³/mol. The molecule has 15 heavy (non-hydrogen) atoms. The molecule has 3 heteroatoms. The van der Waals surface area contributed by atoms with E-state index in [9.17, 15) is 4.79 Å². The summed E-state index contributed by atoms with van der Waals surface area (Å²) in [5, 5.41) is 4.83. The fraction of sp³-hybridized carbons (Fsp3) is 0.250. The number of carbonyl (C=O) groups is 1. The maximum absolute atomic E-state index is 10.9. The van der Waals surface area contributed by atoms with Crippen LogP contribution in [0.4, 0.5) is 5.69 Å². The number of hydrogen-bond acceptors (Lipinski definition) is 2. The van der Waals surface area contributed by atoms with Gasteiger partial charge in [0.1, 0.15) is 0 Å². The van der Waals surface area contributed by atoms with Gasteiger partial charge in [0.25, 0.3) is 0 Å². The second-order valence-corrected chi connectivity index (χ2v) is 4.06. The molecule has 0 aromatic heterocycles. The summed E-state index contributed by atoms with van der Waals surface area (Å²) in [6.07, 6.45) is 2.02. The van der Waals surface area contributed by atoms with E-state index in [0.29, 0.717) is 0 Å². The minimum absolute atomic E-state index is 0.0340. The van der Waals surface area contributed by atoms with Crippen LogP contribution in [0.15, 0.2) is 35.7 Å². The van der Waals surface area contributed by atoms with Crippen molar-refractivity contribution in [2.45, 2.75) is 19.6 Å². The van der Waals surface area contributed by atoms with Gasteiger partial charge in [0.15, 0.2) is 0 Å². The van der Waals surface area contributed by atoms with Crippen LogP contribution in [0.5, 0.6) is 0 Å². The molecule has 0 radical (unpaired) electrons. The molecule has 1 rings (SSSR count). The Labute approximate surface area is 94.8 Å². The summed E-state index contributed by atoms with van der Waals surface area (Å²) < 4.78 is 0. The molecule has 0 fully saturated rings. The normalized spacial score (nSPS) is 10.5. The number of nitrogens with one attached hydrogen (secondary N) is 1. The van der Waals surface area contributed by atoms with Crippen LogP contribution in [-0.4, -0.2) is 5.91 Å². The van der Waals surface area contributed by atoms with Gasteiger partial charge < -0.3 is 5.32 Å². The topological polar surface area (TPSA) is 29.1 Å². The summed E-state index contributed by atoms with van der Waals surface area (Å²) in [5.74, 6) is 0.894. The van der Waals surface area contributed by atoms with Crippen LogP contribution in [-0.2, 0) is 10.5 Å². The molecule has 1 N–H and O–H groups in total. The Hall–Kier alpha value is -1.22. The molecule has 0 bridgehead atoms. The first-order valence-corrected chi connectivity index (χ1v) is 5.86. The second-order valence-electron chi connectivity index (χ2n) is 3.16. The largest absolute Gasteiger partial charge is 0.326 e. The molecule has 0 aliphatic rings. The van der Waals surface area contributed by atoms with E-state index in [0.717, 1.165) is 11.4 Å². The molecule has 0 unspecified atom stereocenters. The molecular weight excluding hydrogens is 206 g/mol. The second kappa shape index (κ2) is 6.30. The molecule has 0 spiro atoms. The van der Waals surface area contributed by atoms with E-state index < -0.39 is 0 Å². The standard InChI is InChI=1S/C12H15NOS/c1-3-7-15-9-11-5-4-6-12(8-11)13-10(2)14/h3-8H,9H2,1-2H3,(H,13,14)/b7-3+. The lowest BCUT2D eigenvalue weighted by Gasteiger charge is -2.04. The predicted octanol–water partition coefficient (Wildman–Crippen LogP) is 3.41. The Morgan fingerprint density at radius 1 is 1.53 bits per heavy atom. The van der Waals surface area contributed by atoms with Gasteiger partial charge >= 0.3 is 0 Å². The van der Waals surface area contributed by atoms with Crippen LogP contribution in [0.1, 0.15) is 19.4 Å². The highest BCUT2D eigenvalue weighted by molar-refractivity contribution is 8.01. The van der Waals surface area contributed by atoms with Gasteiger partial charge in [0, 0.05) is 18.4 Å². The molecule has 80 valence electrons. The zero-order chi connectivity index (χ0) is 11.1. The van der Waals surface area contributed by atoms with Crippen LogP contribution < -0.4 is 5.32 Å². The highest BCUT2D eigenvalue weighted by Crippen LogP contribution is 2.17. The Balaban J connectivity index is 2.61. The number of benzene rings is 1. The number of thioether (sulfide) groups is 1. The van der Waals surface area contributed by atoms with E-state index >= 15 is 0 Å². The number of allylic oxidation sites excluding steroid dienone is 1. The quantitative estimate of drug-likeness (QED) is 0.844. The van der Waals surface area contributed by atoms with E-state index in [-0.39, 0.29) is 5.91 Å². The average molecular weight is 221 g/mol. The monoisotopic (exact) mass is 221 g/mol. The molecule has 1 aromatic carbocycles. The Kier molecular flexibility index (Phi) is 4.98. The van der Waals surface area contributed by atoms with Crippen LogP contribution in [0, 0.1) is 0 Å². The van der Waals surface area contributed by atoms with Crippen molar-refractivity contribution < 1.29 is 4.79 Å². The molecule has 0 aliphatic heterocycles. The van der Waals surface area contributed by atoms with Gasteiger partial charge in [0.2, 0.25) is 5.91 Å².